The van der Waals surface area contributed by atoms with Crippen LogP contribution in [0.4, 0.5) is 0 Å². The first-order valence-corrected chi connectivity index (χ1v) is 7.55. The zero-order valence-electron chi connectivity index (χ0n) is 12.5. The average molecular weight is 340 g/mol. The maximum Gasteiger partial charge on any atom is 0.389 e. The van der Waals surface area contributed by atoms with Crippen LogP contribution in [-0.4, -0.2) is 29.3 Å². The van der Waals surface area contributed by atoms with Crippen molar-refractivity contribution < 1.29 is 36.2 Å². The quantitative estimate of drug-likeness (QED) is 0.376. The Kier molecular flexibility index (Phi) is 9.16. The minimum atomic E-state index is -5.17. The Morgan fingerprint density at radius 3 is 1.04 bits per heavy atom. The molecule has 0 radical (unpaired) electrons. The van der Waals surface area contributed by atoms with Crippen molar-refractivity contribution in [1.29, 1.82) is 0 Å². The lowest BCUT2D eigenvalue weighted by Gasteiger charge is -2.06. The van der Waals surface area contributed by atoms with Gasteiger partial charge in [0.1, 0.15) is 0 Å². The molecular formula is C14H16N2O6S. The zero-order chi connectivity index (χ0) is 17.9. The molecule has 0 atom stereocenters. The molecule has 2 aromatic rings. The van der Waals surface area contributed by atoms with E-state index in [1.807, 2.05) is 36.4 Å². The summed E-state index contributed by atoms with van der Waals surface area (Å²) in [7, 11) is -5.17. The third-order valence-electron chi connectivity index (χ3n) is 2.16. The second kappa shape index (κ2) is 10.3. The molecule has 0 aliphatic rings. The Bertz CT molecular complexity index is 660. The molecule has 0 fully saturated rings. The summed E-state index contributed by atoms with van der Waals surface area (Å²) in [4.78, 5) is 21.2. The number of pyridine rings is 2. The van der Waals surface area contributed by atoms with E-state index in [1.165, 1.54) is 23.0 Å². The predicted octanol–water partition coefficient (Wildman–Crippen LogP) is -0.0696. The highest BCUT2D eigenvalue weighted by Gasteiger charge is 2.02. The zero-order valence-corrected chi connectivity index (χ0v) is 13.3. The first-order valence-electron chi connectivity index (χ1n) is 6.22. The summed E-state index contributed by atoms with van der Waals surface area (Å²) in [5, 5.41) is 0. The summed E-state index contributed by atoms with van der Waals surface area (Å²) in [6, 6.07) is 11.0. The molecule has 0 unspecified atom stereocenters. The van der Waals surface area contributed by atoms with Crippen LogP contribution in [0.2, 0.25) is 0 Å². The normalized spacial score (nSPS) is 9.57. The highest BCUT2D eigenvalue weighted by atomic mass is 32.3. The molecule has 2 rings (SSSR count). The minimum Gasteiger partial charge on any atom is -0.759 e. The van der Waals surface area contributed by atoms with E-state index in [9.17, 15) is 9.59 Å². The molecule has 124 valence electrons. The number of rotatable bonds is 0. The van der Waals surface area contributed by atoms with Gasteiger partial charge in [-0.15, -0.1) is 9.13 Å². The van der Waals surface area contributed by atoms with E-state index in [-0.39, 0.29) is 11.8 Å². The number of carbonyl (C=O) groups is 2. The van der Waals surface area contributed by atoms with E-state index < -0.39 is 10.4 Å². The Morgan fingerprint density at radius 1 is 0.696 bits per heavy atom. The van der Waals surface area contributed by atoms with Gasteiger partial charge in [0.25, 0.3) is 0 Å². The van der Waals surface area contributed by atoms with Crippen molar-refractivity contribution in [1.82, 2.24) is 0 Å². The van der Waals surface area contributed by atoms with Gasteiger partial charge in [-0.3, -0.25) is 8.42 Å². The Morgan fingerprint density at radius 2 is 0.913 bits per heavy atom. The predicted molar refractivity (Wildman–Crippen MR) is 76.3 cm³/mol. The average Bonchev–Trinajstić information content (AvgIpc) is 2.48. The summed E-state index contributed by atoms with van der Waals surface area (Å²) >= 11 is 0. The van der Waals surface area contributed by atoms with Gasteiger partial charge in [-0.2, -0.15) is 0 Å². The minimum absolute atomic E-state index is 0.0376. The van der Waals surface area contributed by atoms with Crippen molar-refractivity contribution in [3.05, 3.63) is 61.2 Å². The monoisotopic (exact) mass is 340 g/mol. The third-order valence-corrected chi connectivity index (χ3v) is 2.16. The second-order valence-electron chi connectivity index (χ2n) is 4.01. The van der Waals surface area contributed by atoms with Crippen molar-refractivity contribution >= 4 is 22.2 Å². The molecule has 0 saturated carbocycles. The fourth-order valence-electron chi connectivity index (χ4n) is 1.22. The van der Waals surface area contributed by atoms with Crippen LogP contribution in [-0.2, 0) is 10.4 Å². The van der Waals surface area contributed by atoms with Gasteiger partial charge in [0, 0.05) is 34.7 Å². The molecule has 0 spiro atoms. The van der Waals surface area contributed by atoms with E-state index in [0.717, 1.165) is 0 Å². The van der Waals surface area contributed by atoms with Crippen LogP contribution >= 0.6 is 0 Å². The smallest absolute Gasteiger partial charge is 0.389 e. The van der Waals surface area contributed by atoms with Gasteiger partial charge in [0.05, 0.1) is 13.8 Å². The molecule has 0 saturated heterocycles. The highest BCUT2D eigenvalue weighted by Crippen LogP contribution is 1.76. The van der Waals surface area contributed by atoms with Gasteiger partial charge < -0.3 is 9.11 Å². The summed E-state index contributed by atoms with van der Waals surface area (Å²) < 4.78 is 37.1. The second-order valence-corrected chi connectivity index (χ2v) is 4.83. The van der Waals surface area contributed by atoms with Crippen LogP contribution in [0, 0.1) is 0 Å². The number of aromatic nitrogens is 2. The van der Waals surface area contributed by atoms with Gasteiger partial charge in [0.15, 0.2) is 24.8 Å². The molecular weight excluding hydrogens is 324 g/mol. The van der Waals surface area contributed by atoms with Gasteiger partial charge in [0.2, 0.25) is 0 Å². The first-order chi connectivity index (χ1) is 10.6. The molecule has 8 nitrogen and oxygen atoms in total. The standard InChI is InChI=1S/2C7H8NO.H2O4S/c2*1-7(9)8-5-3-2-4-6-8;1-5(2,3)4/h2*2-6H,1H3;(H2,1,2,3,4)/q2*+1;/p-2. The lowest BCUT2D eigenvalue weighted by Crippen LogP contribution is -2.38. The van der Waals surface area contributed by atoms with Gasteiger partial charge in [-0.25, -0.2) is 9.59 Å². The van der Waals surface area contributed by atoms with E-state index >= 15 is 0 Å². The molecule has 0 N–H and O–H groups in total. The Labute approximate surface area is 134 Å². The molecule has 9 heteroatoms. The van der Waals surface area contributed by atoms with Crippen molar-refractivity contribution in [3.8, 4) is 0 Å². The fraction of sp³-hybridized carbons (Fsp3) is 0.143. The van der Waals surface area contributed by atoms with Crippen molar-refractivity contribution in [2.75, 3.05) is 0 Å². The lowest BCUT2D eigenvalue weighted by atomic mass is 10.5. The first kappa shape index (κ1) is 20.5. The van der Waals surface area contributed by atoms with Crippen LogP contribution in [0.25, 0.3) is 0 Å². The molecule has 0 aromatic carbocycles. The van der Waals surface area contributed by atoms with Crippen LogP contribution in [0.15, 0.2) is 61.2 Å². The Hall–Kier alpha value is -2.49. The number of hydrogen-bond acceptors (Lipinski definition) is 6. The molecule has 2 aromatic heterocycles. The SMILES string of the molecule is CC(=O)[n+]1ccccc1.CC(=O)[n+]1ccccc1.O=S(=O)([O-])[O-]. The number of carbonyl (C=O) groups excluding carboxylic acids is 2. The largest absolute Gasteiger partial charge is 0.759 e. The topological polar surface area (TPSA) is 122 Å². The van der Waals surface area contributed by atoms with E-state index in [1.54, 1.807) is 24.8 Å². The fourth-order valence-corrected chi connectivity index (χ4v) is 1.22. The maximum absolute atomic E-state index is 10.6. The number of nitrogens with zero attached hydrogens (tertiary/aromatic N) is 2. The number of hydrogen-bond donors (Lipinski definition) is 0. The van der Waals surface area contributed by atoms with Crippen LogP contribution < -0.4 is 9.13 Å². The molecule has 0 bridgehead atoms. The Balaban J connectivity index is 0.000000332. The van der Waals surface area contributed by atoms with Gasteiger partial charge >= 0.3 is 11.8 Å². The van der Waals surface area contributed by atoms with Crippen molar-refractivity contribution in [2.45, 2.75) is 13.8 Å². The van der Waals surface area contributed by atoms with Crippen LogP contribution in [0.3, 0.4) is 0 Å². The highest BCUT2D eigenvalue weighted by molar-refractivity contribution is 7.79. The summed E-state index contributed by atoms with van der Waals surface area (Å²) in [5.41, 5.74) is 0. The lowest BCUT2D eigenvalue weighted by molar-refractivity contribution is -0.573. The van der Waals surface area contributed by atoms with E-state index in [0.29, 0.717) is 0 Å². The summed E-state index contributed by atoms with van der Waals surface area (Å²) in [5.74, 6) is 0.0752. The molecule has 0 amide bonds. The van der Waals surface area contributed by atoms with Crippen LogP contribution in [0.1, 0.15) is 23.4 Å². The molecule has 2 heterocycles. The van der Waals surface area contributed by atoms with Gasteiger partial charge in [-0.1, -0.05) is 12.1 Å². The molecule has 0 aliphatic heterocycles. The third kappa shape index (κ3) is 12.9. The molecule has 0 aliphatic carbocycles. The molecule has 23 heavy (non-hydrogen) atoms. The van der Waals surface area contributed by atoms with Crippen molar-refractivity contribution in [2.24, 2.45) is 0 Å². The maximum atomic E-state index is 10.6. The van der Waals surface area contributed by atoms with Gasteiger partial charge in [-0.05, 0) is 0 Å². The van der Waals surface area contributed by atoms with Crippen molar-refractivity contribution in [3.63, 3.8) is 0 Å². The van der Waals surface area contributed by atoms with E-state index in [2.05, 4.69) is 0 Å². The van der Waals surface area contributed by atoms with E-state index in [4.69, 9.17) is 17.5 Å². The summed E-state index contributed by atoms with van der Waals surface area (Å²) in [6.07, 6.45) is 6.90. The summed E-state index contributed by atoms with van der Waals surface area (Å²) in [6.45, 7) is 3.06. The van der Waals surface area contributed by atoms with Crippen LogP contribution in [0.5, 0.6) is 0 Å².